The SMILES string of the molecule is CCOc1ccc(-c2nc(CC)c(CC#N)s2)cc1OC. The fourth-order valence-electron chi connectivity index (χ4n) is 2.07. The van der Waals surface area contributed by atoms with E-state index in [1.807, 2.05) is 25.1 Å². The van der Waals surface area contributed by atoms with E-state index in [9.17, 15) is 0 Å². The highest BCUT2D eigenvalue weighted by atomic mass is 32.1. The van der Waals surface area contributed by atoms with Gasteiger partial charge in [0, 0.05) is 10.4 Å². The number of nitrogens with zero attached hydrogens (tertiary/aromatic N) is 2. The Morgan fingerprint density at radius 2 is 2.10 bits per heavy atom. The van der Waals surface area contributed by atoms with Crippen molar-refractivity contribution in [3.63, 3.8) is 0 Å². The Kier molecular flexibility index (Phi) is 5.18. The molecule has 1 heterocycles. The van der Waals surface area contributed by atoms with Crippen LogP contribution in [-0.4, -0.2) is 18.7 Å². The molecule has 0 bridgehead atoms. The molecule has 0 amide bonds. The zero-order valence-electron chi connectivity index (χ0n) is 12.5. The monoisotopic (exact) mass is 302 g/mol. The van der Waals surface area contributed by atoms with Gasteiger partial charge in [-0.15, -0.1) is 11.3 Å². The summed E-state index contributed by atoms with van der Waals surface area (Å²) in [6.45, 7) is 4.59. The molecule has 2 rings (SSSR count). The maximum absolute atomic E-state index is 8.89. The summed E-state index contributed by atoms with van der Waals surface area (Å²) < 4.78 is 10.9. The van der Waals surface area contributed by atoms with E-state index < -0.39 is 0 Å². The molecule has 0 aliphatic rings. The van der Waals surface area contributed by atoms with E-state index in [1.165, 1.54) is 0 Å². The summed E-state index contributed by atoms with van der Waals surface area (Å²) in [5, 5.41) is 9.80. The van der Waals surface area contributed by atoms with Crippen LogP contribution in [0.15, 0.2) is 18.2 Å². The third kappa shape index (κ3) is 3.34. The molecule has 0 saturated carbocycles. The second-order valence-electron chi connectivity index (χ2n) is 4.38. The third-order valence-electron chi connectivity index (χ3n) is 3.06. The van der Waals surface area contributed by atoms with Crippen LogP contribution in [0.2, 0.25) is 0 Å². The van der Waals surface area contributed by atoms with Crippen LogP contribution in [-0.2, 0) is 12.8 Å². The van der Waals surface area contributed by atoms with Crippen molar-refractivity contribution in [3.8, 4) is 28.1 Å². The molecule has 0 saturated heterocycles. The van der Waals surface area contributed by atoms with E-state index in [1.54, 1.807) is 18.4 Å². The Morgan fingerprint density at radius 1 is 1.29 bits per heavy atom. The van der Waals surface area contributed by atoms with E-state index in [-0.39, 0.29) is 0 Å². The predicted molar refractivity (Wildman–Crippen MR) is 84.0 cm³/mol. The molecule has 4 nitrogen and oxygen atoms in total. The van der Waals surface area contributed by atoms with E-state index in [2.05, 4.69) is 18.0 Å². The highest BCUT2D eigenvalue weighted by Gasteiger charge is 2.13. The highest BCUT2D eigenvalue weighted by molar-refractivity contribution is 7.15. The van der Waals surface area contributed by atoms with Crippen molar-refractivity contribution in [1.29, 1.82) is 5.26 Å². The van der Waals surface area contributed by atoms with E-state index in [0.717, 1.165) is 33.3 Å². The summed E-state index contributed by atoms with van der Waals surface area (Å²) in [5.74, 6) is 1.43. The van der Waals surface area contributed by atoms with Gasteiger partial charge in [-0.25, -0.2) is 4.98 Å². The summed E-state index contributed by atoms with van der Waals surface area (Å²) in [5.41, 5.74) is 1.99. The van der Waals surface area contributed by atoms with Crippen LogP contribution < -0.4 is 9.47 Å². The van der Waals surface area contributed by atoms with Gasteiger partial charge in [-0.05, 0) is 31.5 Å². The number of hydrogen-bond acceptors (Lipinski definition) is 5. The molecule has 0 N–H and O–H groups in total. The molecule has 0 unspecified atom stereocenters. The average Bonchev–Trinajstić information content (AvgIpc) is 2.91. The Labute approximate surface area is 129 Å². The molecule has 0 radical (unpaired) electrons. The maximum atomic E-state index is 8.89. The number of benzene rings is 1. The minimum atomic E-state index is 0.412. The topological polar surface area (TPSA) is 55.1 Å². The van der Waals surface area contributed by atoms with Gasteiger partial charge in [0.05, 0.1) is 31.9 Å². The molecular weight excluding hydrogens is 284 g/mol. The van der Waals surface area contributed by atoms with Gasteiger partial charge in [0.25, 0.3) is 0 Å². The summed E-state index contributed by atoms with van der Waals surface area (Å²) in [6.07, 6.45) is 1.25. The van der Waals surface area contributed by atoms with E-state index in [0.29, 0.717) is 18.8 Å². The first-order chi connectivity index (χ1) is 10.2. The van der Waals surface area contributed by atoms with Gasteiger partial charge in [-0.3, -0.25) is 0 Å². The average molecular weight is 302 g/mol. The fourth-order valence-corrected chi connectivity index (χ4v) is 3.15. The van der Waals surface area contributed by atoms with Crippen molar-refractivity contribution in [1.82, 2.24) is 4.98 Å². The van der Waals surface area contributed by atoms with Crippen LogP contribution in [0.25, 0.3) is 10.6 Å². The number of nitriles is 1. The van der Waals surface area contributed by atoms with Crippen LogP contribution in [0, 0.1) is 11.3 Å². The Bertz CT molecular complexity index is 659. The lowest BCUT2D eigenvalue weighted by molar-refractivity contribution is 0.311. The number of aromatic nitrogens is 1. The molecular formula is C16H18N2O2S. The van der Waals surface area contributed by atoms with Crippen molar-refractivity contribution in [3.05, 3.63) is 28.8 Å². The molecule has 0 spiro atoms. The summed E-state index contributed by atoms with van der Waals surface area (Å²) in [7, 11) is 1.63. The van der Waals surface area contributed by atoms with Gasteiger partial charge >= 0.3 is 0 Å². The Hall–Kier alpha value is -2.06. The normalized spacial score (nSPS) is 10.2. The van der Waals surface area contributed by atoms with Gasteiger partial charge in [-0.2, -0.15) is 5.26 Å². The molecule has 0 aliphatic heterocycles. The second-order valence-corrected chi connectivity index (χ2v) is 5.46. The smallest absolute Gasteiger partial charge is 0.161 e. The number of ether oxygens (including phenoxy) is 2. The predicted octanol–water partition coefficient (Wildman–Crippen LogP) is 3.85. The highest BCUT2D eigenvalue weighted by Crippen LogP contribution is 2.35. The first-order valence-corrected chi connectivity index (χ1v) is 7.71. The number of methoxy groups -OCH3 is 1. The van der Waals surface area contributed by atoms with Crippen molar-refractivity contribution in [2.45, 2.75) is 26.7 Å². The van der Waals surface area contributed by atoms with Crippen molar-refractivity contribution >= 4 is 11.3 Å². The van der Waals surface area contributed by atoms with Crippen LogP contribution in [0.3, 0.4) is 0 Å². The third-order valence-corrected chi connectivity index (χ3v) is 4.21. The molecule has 0 aliphatic carbocycles. The number of hydrogen-bond donors (Lipinski definition) is 0. The van der Waals surface area contributed by atoms with Crippen LogP contribution in [0.4, 0.5) is 0 Å². The molecule has 2 aromatic rings. The maximum Gasteiger partial charge on any atom is 0.161 e. The summed E-state index contributed by atoms with van der Waals surface area (Å²) in [6, 6.07) is 8.00. The number of aryl methyl sites for hydroxylation is 1. The van der Waals surface area contributed by atoms with Crippen molar-refractivity contribution in [2.24, 2.45) is 0 Å². The van der Waals surface area contributed by atoms with Gasteiger partial charge in [0.1, 0.15) is 5.01 Å². The Balaban J connectivity index is 2.40. The standard InChI is InChI=1S/C16H18N2O2S/c1-4-12-15(8-9-17)21-16(18-12)11-6-7-13(20-5-2)14(10-11)19-3/h6-7,10H,4-5,8H2,1-3H3. The number of rotatable bonds is 6. The largest absolute Gasteiger partial charge is 0.493 e. The first-order valence-electron chi connectivity index (χ1n) is 6.90. The lowest BCUT2D eigenvalue weighted by atomic mass is 10.2. The van der Waals surface area contributed by atoms with Crippen LogP contribution >= 0.6 is 11.3 Å². The lowest BCUT2D eigenvalue weighted by Gasteiger charge is -2.09. The molecule has 0 fully saturated rings. The fraction of sp³-hybridized carbons (Fsp3) is 0.375. The second kappa shape index (κ2) is 7.09. The zero-order valence-corrected chi connectivity index (χ0v) is 13.3. The Morgan fingerprint density at radius 3 is 2.71 bits per heavy atom. The van der Waals surface area contributed by atoms with E-state index >= 15 is 0 Å². The summed E-state index contributed by atoms with van der Waals surface area (Å²) >= 11 is 1.57. The van der Waals surface area contributed by atoms with Crippen LogP contribution in [0.1, 0.15) is 24.4 Å². The lowest BCUT2D eigenvalue weighted by Crippen LogP contribution is -1.95. The molecule has 0 atom stereocenters. The van der Waals surface area contributed by atoms with E-state index in [4.69, 9.17) is 14.7 Å². The van der Waals surface area contributed by atoms with Gasteiger partial charge in [0.15, 0.2) is 11.5 Å². The molecule has 110 valence electrons. The zero-order chi connectivity index (χ0) is 15.2. The minimum Gasteiger partial charge on any atom is -0.493 e. The van der Waals surface area contributed by atoms with Crippen molar-refractivity contribution < 1.29 is 9.47 Å². The molecule has 1 aromatic carbocycles. The molecule has 5 heteroatoms. The van der Waals surface area contributed by atoms with Crippen LogP contribution in [0.5, 0.6) is 11.5 Å². The summed E-state index contributed by atoms with van der Waals surface area (Å²) in [4.78, 5) is 5.68. The van der Waals surface area contributed by atoms with Gasteiger partial charge in [0.2, 0.25) is 0 Å². The molecule has 21 heavy (non-hydrogen) atoms. The first kappa shape index (κ1) is 15.3. The van der Waals surface area contributed by atoms with Gasteiger partial charge in [-0.1, -0.05) is 6.92 Å². The number of thiazole rings is 1. The minimum absolute atomic E-state index is 0.412. The van der Waals surface area contributed by atoms with Gasteiger partial charge < -0.3 is 9.47 Å². The molecule has 1 aromatic heterocycles. The van der Waals surface area contributed by atoms with Crippen molar-refractivity contribution in [2.75, 3.05) is 13.7 Å². The quantitative estimate of drug-likeness (QED) is 0.813.